The van der Waals surface area contributed by atoms with Gasteiger partial charge in [0.15, 0.2) is 0 Å². The Hall–Kier alpha value is -3.22. The summed E-state index contributed by atoms with van der Waals surface area (Å²) in [6, 6.07) is 20.2. The topological polar surface area (TPSA) is 42.3 Å². The van der Waals surface area contributed by atoms with Gasteiger partial charge in [0.2, 0.25) is 10.0 Å². The van der Waals surface area contributed by atoms with Crippen LogP contribution in [0.1, 0.15) is 34.4 Å². The first-order valence-electron chi connectivity index (χ1n) is 11.8. The summed E-state index contributed by atoms with van der Waals surface area (Å²) in [6.07, 6.45) is 2.70. The van der Waals surface area contributed by atoms with Crippen LogP contribution in [0.3, 0.4) is 0 Å². The molecule has 4 nitrogen and oxygen atoms in total. The van der Waals surface area contributed by atoms with E-state index in [-0.39, 0.29) is 5.82 Å². The Balaban J connectivity index is 1.48. The van der Waals surface area contributed by atoms with Crippen molar-refractivity contribution < 1.29 is 12.8 Å². The Morgan fingerprint density at radius 1 is 0.914 bits per heavy atom. The first-order valence-corrected chi connectivity index (χ1v) is 13.3. The van der Waals surface area contributed by atoms with Gasteiger partial charge in [0.25, 0.3) is 0 Å². The van der Waals surface area contributed by atoms with Crippen molar-refractivity contribution in [1.29, 1.82) is 0 Å². The number of hydrogen-bond acceptors (Lipinski definition) is 2. The van der Waals surface area contributed by atoms with E-state index in [1.807, 2.05) is 44.2 Å². The first kappa shape index (κ1) is 23.5. The van der Waals surface area contributed by atoms with Crippen molar-refractivity contribution in [3.63, 3.8) is 0 Å². The van der Waals surface area contributed by atoms with Gasteiger partial charge >= 0.3 is 0 Å². The van der Waals surface area contributed by atoms with Gasteiger partial charge in [-0.1, -0.05) is 42.5 Å². The van der Waals surface area contributed by atoms with Crippen LogP contribution in [-0.2, 0) is 16.6 Å². The van der Waals surface area contributed by atoms with Crippen molar-refractivity contribution in [2.45, 2.75) is 38.6 Å². The summed E-state index contributed by atoms with van der Waals surface area (Å²) in [5.74, 6) is -0.240. The molecule has 0 saturated heterocycles. The summed E-state index contributed by atoms with van der Waals surface area (Å²) in [4.78, 5) is 0.351. The second-order valence-corrected chi connectivity index (χ2v) is 11.2. The second-order valence-electron chi connectivity index (χ2n) is 9.28. The lowest BCUT2D eigenvalue weighted by Gasteiger charge is -2.26. The van der Waals surface area contributed by atoms with Crippen molar-refractivity contribution in [2.24, 2.45) is 0 Å². The van der Waals surface area contributed by atoms with Crippen LogP contribution >= 0.6 is 0 Å². The van der Waals surface area contributed by atoms with Gasteiger partial charge in [-0.2, -0.15) is 4.31 Å². The van der Waals surface area contributed by atoms with Crippen molar-refractivity contribution >= 4 is 26.5 Å². The van der Waals surface area contributed by atoms with E-state index in [1.165, 1.54) is 23.3 Å². The molecule has 0 radical (unpaired) electrons. The average Bonchev–Trinajstić information content (AvgIpc) is 3.13. The molecule has 0 fully saturated rings. The third-order valence-electron chi connectivity index (χ3n) is 7.09. The smallest absolute Gasteiger partial charge is 0.243 e. The summed E-state index contributed by atoms with van der Waals surface area (Å²) in [6.45, 7) is 7.47. The molecule has 1 aliphatic rings. The van der Waals surface area contributed by atoms with Crippen LogP contribution < -0.4 is 0 Å². The summed E-state index contributed by atoms with van der Waals surface area (Å²) >= 11 is 0. The van der Waals surface area contributed by atoms with E-state index in [4.69, 9.17) is 0 Å². The van der Waals surface area contributed by atoms with Gasteiger partial charge in [-0.3, -0.25) is 0 Å². The molecule has 0 N–H and O–H groups in total. The predicted octanol–water partition coefficient (Wildman–Crippen LogP) is 6.23. The van der Waals surface area contributed by atoms with Crippen LogP contribution in [0.5, 0.6) is 0 Å². The summed E-state index contributed by atoms with van der Waals surface area (Å²) in [5, 5.41) is 1.16. The fourth-order valence-corrected chi connectivity index (χ4v) is 6.40. The zero-order chi connectivity index (χ0) is 24.7. The Morgan fingerprint density at radius 3 is 2.34 bits per heavy atom. The molecule has 180 valence electrons. The number of benzene rings is 3. The van der Waals surface area contributed by atoms with Gasteiger partial charge in [-0.25, -0.2) is 12.8 Å². The fraction of sp³-hybridized carbons (Fsp3) is 0.241. The molecule has 1 aliphatic heterocycles. The number of halogens is 1. The highest BCUT2D eigenvalue weighted by Crippen LogP contribution is 2.36. The van der Waals surface area contributed by atoms with Gasteiger partial charge in [0.05, 0.1) is 4.90 Å². The molecule has 0 atom stereocenters. The molecule has 0 unspecified atom stereocenters. The standard InChI is InChI=1S/C29H29FN2O2S/c1-20-8-13-26(18-21(20)2)35(33,34)31-16-14-24(15-17-31)29-22(3)32(28-7-5-4-6-27(28)29)19-23-9-11-25(30)12-10-23/h4-14,18H,15-17,19H2,1-3H3. The molecule has 0 amide bonds. The van der Waals surface area contributed by atoms with Crippen molar-refractivity contribution in [3.8, 4) is 0 Å². The zero-order valence-corrected chi connectivity index (χ0v) is 21.1. The Kier molecular flexibility index (Phi) is 6.11. The Bertz CT molecular complexity index is 1550. The monoisotopic (exact) mass is 488 g/mol. The minimum Gasteiger partial charge on any atom is -0.340 e. The molecule has 35 heavy (non-hydrogen) atoms. The number of rotatable bonds is 5. The average molecular weight is 489 g/mol. The van der Waals surface area contributed by atoms with E-state index in [0.29, 0.717) is 31.0 Å². The van der Waals surface area contributed by atoms with E-state index in [0.717, 1.165) is 33.3 Å². The molecule has 2 heterocycles. The van der Waals surface area contributed by atoms with Crippen molar-refractivity contribution in [1.82, 2.24) is 8.87 Å². The largest absolute Gasteiger partial charge is 0.340 e. The van der Waals surface area contributed by atoms with Gasteiger partial charge < -0.3 is 4.57 Å². The molecular weight excluding hydrogens is 459 g/mol. The zero-order valence-electron chi connectivity index (χ0n) is 20.3. The van der Waals surface area contributed by atoms with Crippen LogP contribution in [0.15, 0.2) is 77.7 Å². The van der Waals surface area contributed by atoms with Gasteiger partial charge in [0, 0.05) is 41.8 Å². The highest BCUT2D eigenvalue weighted by molar-refractivity contribution is 7.89. The number of fused-ring (bicyclic) bond motifs is 1. The molecule has 0 bridgehead atoms. The van der Waals surface area contributed by atoms with Crippen LogP contribution in [0.4, 0.5) is 4.39 Å². The number of nitrogens with zero attached hydrogens (tertiary/aromatic N) is 2. The summed E-state index contributed by atoms with van der Waals surface area (Å²) in [5.41, 5.74) is 7.68. The van der Waals surface area contributed by atoms with Gasteiger partial charge in [0.1, 0.15) is 5.82 Å². The van der Waals surface area contributed by atoms with E-state index < -0.39 is 10.0 Å². The lowest BCUT2D eigenvalue weighted by atomic mass is 9.97. The molecule has 4 aromatic rings. The third-order valence-corrected chi connectivity index (χ3v) is 8.96. The lowest BCUT2D eigenvalue weighted by molar-refractivity contribution is 0.441. The SMILES string of the molecule is Cc1ccc(S(=O)(=O)N2CC=C(c3c(C)n(Cc4ccc(F)cc4)c4ccccc34)CC2)cc1C. The predicted molar refractivity (Wildman–Crippen MR) is 139 cm³/mol. The molecular formula is C29H29FN2O2S. The molecule has 6 heteroatoms. The summed E-state index contributed by atoms with van der Waals surface area (Å²) in [7, 11) is -3.55. The van der Waals surface area contributed by atoms with E-state index in [2.05, 4.69) is 29.7 Å². The molecule has 1 aromatic heterocycles. The Morgan fingerprint density at radius 2 is 1.66 bits per heavy atom. The van der Waals surface area contributed by atoms with E-state index in [1.54, 1.807) is 16.4 Å². The molecule has 0 saturated carbocycles. The maximum Gasteiger partial charge on any atom is 0.243 e. The number of para-hydroxylation sites is 1. The van der Waals surface area contributed by atoms with Gasteiger partial charge in [-0.15, -0.1) is 0 Å². The number of aromatic nitrogens is 1. The first-order chi connectivity index (χ1) is 16.8. The highest BCUT2D eigenvalue weighted by Gasteiger charge is 2.28. The normalized spacial score (nSPS) is 14.9. The van der Waals surface area contributed by atoms with Gasteiger partial charge in [-0.05, 0) is 79.8 Å². The van der Waals surface area contributed by atoms with Crippen molar-refractivity contribution in [3.05, 3.63) is 107 Å². The minimum atomic E-state index is -3.55. The number of aryl methyl sites for hydroxylation is 2. The molecule has 0 spiro atoms. The number of hydrogen-bond donors (Lipinski definition) is 0. The van der Waals surface area contributed by atoms with Crippen molar-refractivity contribution in [2.75, 3.05) is 13.1 Å². The van der Waals surface area contributed by atoms with E-state index >= 15 is 0 Å². The second kappa shape index (κ2) is 9.10. The highest BCUT2D eigenvalue weighted by atomic mass is 32.2. The fourth-order valence-electron chi connectivity index (χ4n) is 4.93. The molecule has 3 aromatic carbocycles. The molecule has 0 aliphatic carbocycles. The van der Waals surface area contributed by atoms with Crippen LogP contribution in [0, 0.1) is 26.6 Å². The molecule has 5 rings (SSSR count). The quantitative estimate of drug-likeness (QED) is 0.334. The lowest BCUT2D eigenvalue weighted by Crippen LogP contribution is -2.34. The van der Waals surface area contributed by atoms with Crippen LogP contribution in [-0.4, -0.2) is 30.4 Å². The summed E-state index contributed by atoms with van der Waals surface area (Å²) < 4.78 is 43.8. The maximum atomic E-state index is 13.4. The Labute approximate surface area is 206 Å². The minimum absolute atomic E-state index is 0.240. The van der Waals surface area contributed by atoms with Crippen LogP contribution in [0.25, 0.3) is 16.5 Å². The maximum absolute atomic E-state index is 13.4. The third kappa shape index (κ3) is 4.32. The number of sulfonamides is 1. The van der Waals surface area contributed by atoms with Crippen LogP contribution in [0.2, 0.25) is 0 Å². The van der Waals surface area contributed by atoms with E-state index in [9.17, 15) is 12.8 Å².